The number of benzene rings is 3. The molecule has 1 aliphatic carbocycles. The van der Waals surface area contributed by atoms with Gasteiger partial charge in [0.2, 0.25) is 10.0 Å². The van der Waals surface area contributed by atoms with Gasteiger partial charge in [-0.25, -0.2) is 13.2 Å². The number of sulfonamides is 1. The molecule has 0 radical (unpaired) electrons. The summed E-state index contributed by atoms with van der Waals surface area (Å²) in [6.07, 6.45) is -3.03. The molecular formula is C42H61NO7SSi3. The van der Waals surface area contributed by atoms with E-state index < -0.39 is 82.6 Å². The lowest BCUT2D eigenvalue weighted by atomic mass is 9.70. The summed E-state index contributed by atoms with van der Waals surface area (Å²) < 4.78 is 59.6. The van der Waals surface area contributed by atoms with Crippen molar-refractivity contribution < 1.29 is 31.8 Å². The molecule has 8 nitrogen and oxygen atoms in total. The second-order valence-electron chi connectivity index (χ2n) is 19.6. The summed E-state index contributed by atoms with van der Waals surface area (Å²) in [5.41, 5.74) is 3.34. The third-order valence-corrected chi connectivity index (χ3v) is 22.5. The Morgan fingerprint density at radius 2 is 1.37 bits per heavy atom. The molecule has 54 heavy (non-hydrogen) atoms. The first-order chi connectivity index (χ1) is 24.7. The van der Waals surface area contributed by atoms with Crippen LogP contribution in [0, 0.1) is 6.92 Å². The zero-order valence-corrected chi connectivity index (χ0v) is 38.6. The molecule has 6 rings (SSSR count). The molecule has 2 heterocycles. The summed E-state index contributed by atoms with van der Waals surface area (Å²) in [4.78, 5) is 14.5. The monoisotopic (exact) mass is 807 g/mol. The van der Waals surface area contributed by atoms with Crippen LogP contribution in [0.2, 0.25) is 57.4 Å². The standard InChI is InChI=1S/C42H61NO7SSi3/c1-27-20-22-30(23-21-27)51(45,46)43-26-29-24-32(52(7,8)9)33(53(10,11)12)25-31(29)34-35(43)37-38(49-42(5,6)48-37)39(50-54(13,14)41(2,3)4)36(34)47-40(44)28-18-16-15-17-19-28/h15-25,34-39H,26H2,1-14H3/t34-,35-,36-,37+,38+,39+/m1/s1. The van der Waals surface area contributed by atoms with Crippen molar-refractivity contribution in [3.63, 3.8) is 0 Å². The Labute approximate surface area is 327 Å². The van der Waals surface area contributed by atoms with Gasteiger partial charge in [0.05, 0.1) is 32.6 Å². The second kappa shape index (κ2) is 13.9. The molecule has 6 atom stereocenters. The van der Waals surface area contributed by atoms with Gasteiger partial charge in [0.15, 0.2) is 14.1 Å². The Morgan fingerprint density at radius 3 is 1.93 bits per heavy atom. The fourth-order valence-corrected chi connectivity index (χ4v) is 16.2. The van der Waals surface area contributed by atoms with Crippen molar-refractivity contribution in [3.05, 3.63) is 89.0 Å². The molecule has 0 amide bonds. The Hall–Kier alpha value is -2.43. The van der Waals surface area contributed by atoms with E-state index in [-0.39, 0.29) is 16.5 Å². The van der Waals surface area contributed by atoms with Crippen LogP contribution < -0.4 is 10.4 Å². The predicted octanol–water partition coefficient (Wildman–Crippen LogP) is 7.89. The molecular weight excluding hydrogens is 747 g/mol. The van der Waals surface area contributed by atoms with Gasteiger partial charge >= 0.3 is 5.97 Å². The molecule has 1 saturated carbocycles. The summed E-state index contributed by atoms with van der Waals surface area (Å²) >= 11 is 0. The van der Waals surface area contributed by atoms with Crippen LogP contribution in [-0.4, -0.2) is 79.4 Å². The fraction of sp³-hybridized carbons (Fsp3) is 0.548. The van der Waals surface area contributed by atoms with Gasteiger partial charge in [0.25, 0.3) is 0 Å². The van der Waals surface area contributed by atoms with Gasteiger partial charge < -0.3 is 18.6 Å². The summed E-state index contributed by atoms with van der Waals surface area (Å²) in [6.45, 7) is 31.0. The highest BCUT2D eigenvalue weighted by Crippen LogP contribution is 2.53. The highest BCUT2D eigenvalue weighted by molar-refractivity contribution is 7.89. The average molecular weight is 808 g/mol. The van der Waals surface area contributed by atoms with E-state index in [0.717, 1.165) is 16.7 Å². The number of hydrogen-bond donors (Lipinski definition) is 0. The van der Waals surface area contributed by atoms with Crippen LogP contribution in [-0.2, 0) is 35.2 Å². The Bertz CT molecular complexity index is 2000. The Morgan fingerprint density at radius 1 is 0.815 bits per heavy atom. The number of ether oxygens (including phenoxy) is 3. The summed E-state index contributed by atoms with van der Waals surface area (Å²) in [5, 5.41) is 2.55. The molecule has 3 aromatic carbocycles. The zero-order chi connectivity index (χ0) is 40.0. The number of aryl methyl sites for hydroxylation is 1. The minimum Gasteiger partial charge on any atom is -0.455 e. The second-order valence-corrected chi connectivity index (χ2v) is 36.3. The molecule has 3 aromatic rings. The lowest BCUT2D eigenvalue weighted by Gasteiger charge is -2.54. The van der Waals surface area contributed by atoms with Crippen molar-refractivity contribution in [2.24, 2.45) is 0 Å². The lowest BCUT2D eigenvalue weighted by molar-refractivity contribution is -0.158. The maximum Gasteiger partial charge on any atom is 0.338 e. The molecule has 1 saturated heterocycles. The molecule has 2 fully saturated rings. The summed E-state index contributed by atoms with van der Waals surface area (Å²) in [6, 6.07) is 19.9. The van der Waals surface area contributed by atoms with Crippen LogP contribution in [0.15, 0.2) is 71.6 Å². The smallest absolute Gasteiger partial charge is 0.338 e. The van der Waals surface area contributed by atoms with Crippen molar-refractivity contribution in [1.29, 1.82) is 0 Å². The van der Waals surface area contributed by atoms with Crippen molar-refractivity contribution in [1.82, 2.24) is 4.31 Å². The predicted molar refractivity (Wildman–Crippen MR) is 224 cm³/mol. The maximum absolute atomic E-state index is 15.1. The summed E-state index contributed by atoms with van der Waals surface area (Å²) in [5.74, 6) is -2.14. The van der Waals surface area contributed by atoms with Crippen molar-refractivity contribution in [2.45, 2.75) is 153 Å². The highest BCUT2D eigenvalue weighted by Gasteiger charge is 2.65. The fourth-order valence-electron chi connectivity index (χ4n) is 8.10. The zero-order valence-electron chi connectivity index (χ0n) is 34.7. The van der Waals surface area contributed by atoms with Gasteiger partial charge in [-0.1, -0.05) is 118 Å². The van der Waals surface area contributed by atoms with E-state index in [0.29, 0.717) is 5.56 Å². The van der Waals surface area contributed by atoms with E-state index in [4.69, 9.17) is 18.6 Å². The van der Waals surface area contributed by atoms with Crippen LogP contribution >= 0.6 is 0 Å². The third kappa shape index (κ3) is 7.66. The summed E-state index contributed by atoms with van der Waals surface area (Å²) in [7, 11) is -10.5. The molecule has 294 valence electrons. The van der Waals surface area contributed by atoms with Gasteiger partial charge in [0.1, 0.15) is 24.4 Å². The number of fused-ring (bicyclic) bond motifs is 5. The van der Waals surface area contributed by atoms with E-state index in [1.165, 1.54) is 10.4 Å². The average Bonchev–Trinajstić information content (AvgIpc) is 3.39. The molecule has 0 aromatic heterocycles. The first kappa shape index (κ1) is 41.2. The normalized spacial score (nSPS) is 26.1. The van der Waals surface area contributed by atoms with E-state index in [1.807, 2.05) is 51.1 Å². The first-order valence-electron chi connectivity index (χ1n) is 19.3. The molecule has 0 bridgehead atoms. The highest BCUT2D eigenvalue weighted by atomic mass is 32.2. The van der Waals surface area contributed by atoms with Crippen LogP contribution in [0.3, 0.4) is 0 Å². The van der Waals surface area contributed by atoms with Gasteiger partial charge in [0, 0.05) is 12.5 Å². The van der Waals surface area contributed by atoms with Gasteiger partial charge in [-0.05, 0) is 74.3 Å². The SMILES string of the molecule is Cc1ccc(S(=O)(=O)N2Cc3cc([Si](C)(C)C)c([Si](C)(C)C)cc3[C@H]3[C@@H](OC(=O)c4ccccc4)[C@H](O[Si](C)(C)C(C)(C)C)[C@H]4OC(C)(C)O[C@H]4[C@@H]32)cc1. The van der Waals surface area contributed by atoms with E-state index in [1.54, 1.807) is 28.6 Å². The number of carbonyl (C=O) groups excluding carboxylic acids is 1. The first-order valence-corrected chi connectivity index (χ1v) is 30.6. The van der Waals surface area contributed by atoms with E-state index in [2.05, 4.69) is 85.3 Å². The Kier molecular flexibility index (Phi) is 10.6. The number of hydrogen-bond acceptors (Lipinski definition) is 7. The molecule has 3 aliphatic rings. The topological polar surface area (TPSA) is 91.4 Å². The Balaban J connectivity index is 1.67. The maximum atomic E-state index is 15.1. The third-order valence-electron chi connectivity index (χ3n) is 11.9. The van der Waals surface area contributed by atoms with Gasteiger partial charge in [-0.3, -0.25) is 0 Å². The van der Waals surface area contributed by atoms with E-state index >= 15 is 8.42 Å². The molecule has 0 unspecified atom stereocenters. The minimum absolute atomic E-state index is 0.163. The van der Waals surface area contributed by atoms with Gasteiger partial charge in [-0.15, -0.1) is 0 Å². The minimum atomic E-state index is -4.09. The van der Waals surface area contributed by atoms with Crippen molar-refractivity contribution in [3.8, 4) is 0 Å². The lowest BCUT2D eigenvalue weighted by Crippen LogP contribution is -2.69. The quantitative estimate of drug-likeness (QED) is 0.169. The largest absolute Gasteiger partial charge is 0.455 e. The van der Waals surface area contributed by atoms with Crippen LogP contribution in [0.1, 0.15) is 67.6 Å². The van der Waals surface area contributed by atoms with Gasteiger partial charge in [-0.2, -0.15) is 4.31 Å². The van der Waals surface area contributed by atoms with Crippen LogP contribution in [0.4, 0.5) is 0 Å². The molecule has 0 N–H and O–H groups in total. The van der Waals surface area contributed by atoms with Crippen LogP contribution in [0.25, 0.3) is 0 Å². The molecule has 2 aliphatic heterocycles. The molecule has 12 heteroatoms. The van der Waals surface area contributed by atoms with Crippen LogP contribution in [0.5, 0.6) is 0 Å². The van der Waals surface area contributed by atoms with Crippen molar-refractivity contribution in [2.75, 3.05) is 0 Å². The van der Waals surface area contributed by atoms with E-state index in [9.17, 15) is 4.79 Å². The van der Waals surface area contributed by atoms with Crippen molar-refractivity contribution >= 4 is 50.8 Å². The molecule has 0 spiro atoms. The number of carbonyl (C=O) groups is 1. The number of nitrogens with zero attached hydrogens (tertiary/aromatic N) is 1. The number of esters is 1. The number of rotatable bonds is 8.